The number of nitrogens with one attached hydrogen (secondary N) is 3. The summed E-state index contributed by atoms with van der Waals surface area (Å²) in [7, 11) is 0. The summed E-state index contributed by atoms with van der Waals surface area (Å²) in [6, 6.07) is -0.551. The van der Waals surface area contributed by atoms with Crippen molar-refractivity contribution in [1.29, 1.82) is 0 Å². The van der Waals surface area contributed by atoms with Gasteiger partial charge in [0, 0.05) is 6.42 Å². The summed E-state index contributed by atoms with van der Waals surface area (Å²) in [6.07, 6.45) is -2.75. The molecule has 1 fully saturated rings. The number of hydrogen-bond acceptors (Lipinski definition) is 13. The van der Waals surface area contributed by atoms with Crippen LogP contribution in [0.5, 0.6) is 12.0 Å². The number of nitrogens with zero attached hydrogens (tertiary/aromatic N) is 5. The molecule has 17 nitrogen and oxygen atoms in total. The van der Waals surface area contributed by atoms with Gasteiger partial charge in [0.15, 0.2) is 22.3 Å². The highest BCUT2D eigenvalue weighted by Gasteiger charge is 2.38. The molecule has 32 heavy (non-hydrogen) atoms. The number of imidazole rings is 2. The predicted octanol–water partition coefficient (Wildman–Crippen LogP) is -2.74. The van der Waals surface area contributed by atoms with Crippen molar-refractivity contribution < 1.29 is 24.7 Å². The first-order valence-electron chi connectivity index (χ1n) is 9.16. The minimum atomic E-state index is -0.991. The number of anilines is 2. The van der Waals surface area contributed by atoms with Gasteiger partial charge in [-0.05, 0) is 0 Å². The fourth-order valence-corrected chi connectivity index (χ4v) is 3.36. The molecule has 5 heterocycles. The Kier molecular flexibility index (Phi) is 4.43. The molecule has 0 aliphatic carbocycles. The van der Waals surface area contributed by atoms with Crippen LogP contribution in [0.2, 0.25) is 0 Å². The van der Waals surface area contributed by atoms with Crippen LogP contribution in [0.25, 0.3) is 22.3 Å². The van der Waals surface area contributed by atoms with Crippen molar-refractivity contribution in [2.24, 2.45) is 0 Å². The molecule has 4 aromatic heterocycles. The van der Waals surface area contributed by atoms with E-state index in [0.29, 0.717) is 0 Å². The quantitative estimate of drug-likeness (QED) is 0.121. The first kappa shape index (κ1) is 19.7. The van der Waals surface area contributed by atoms with E-state index in [9.17, 15) is 19.8 Å². The second-order valence-corrected chi connectivity index (χ2v) is 6.86. The maximum absolute atomic E-state index is 12.3. The van der Waals surface area contributed by atoms with Crippen LogP contribution in [0.4, 0.5) is 11.9 Å². The Morgan fingerprint density at radius 3 is 2.56 bits per heavy atom. The van der Waals surface area contributed by atoms with Gasteiger partial charge in [-0.3, -0.25) is 24.5 Å². The van der Waals surface area contributed by atoms with Gasteiger partial charge in [0.2, 0.25) is 11.9 Å². The summed E-state index contributed by atoms with van der Waals surface area (Å²) in [5.41, 5.74) is 9.73. The lowest BCUT2D eigenvalue weighted by atomic mass is 10.2. The number of aromatic amines is 3. The van der Waals surface area contributed by atoms with Crippen molar-refractivity contribution in [2.45, 2.75) is 24.9 Å². The number of ether oxygens (including phenoxy) is 1. The van der Waals surface area contributed by atoms with Crippen molar-refractivity contribution in [3.8, 4) is 12.0 Å². The largest absolute Gasteiger partial charge is 0.394 e. The molecule has 0 spiro atoms. The summed E-state index contributed by atoms with van der Waals surface area (Å²) < 4.78 is 6.87. The van der Waals surface area contributed by atoms with Crippen LogP contribution >= 0.6 is 0 Å². The minimum Gasteiger partial charge on any atom is -0.394 e. The number of aliphatic hydroxyl groups excluding tert-OH is 2. The summed E-state index contributed by atoms with van der Waals surface area (Å²) in [6.45, 7) is -0.434. The standard InChI is InChI=1S/C15H16N10O7/c16-12-20-8-6(10(28)23-12)18-14(21-8)31-32-15-19-7-9(22-13(17)24-11(7)29)25(15)5-1-3(27)4(2-26)30-5/h3-5,26-27H,1-2H2,(H3,17,22,24,29)(H4,16,18,20,21,23,28)/t3-,4+,5+/m0/s1. The zero-order chi connectivity index (χ0) is 22.6. The molecule has 0 saturated carbocycles. The second-order valence-electron chi connectivity index (χ2n) is 6.86. The monoisotopic (exact) mass is 448 g/mol. The number of H-pyrrole nitrogens is 3. The van der Waals surface area contributed by atoms with Crippen LogP contribution < -0.4 is 32.4 Å². The number of rotatable bonds is 5. The minimum absolute atomic E-state index is 0.00358. The van der Waals surface area contributed by atoms with Crippen LogP contribution in [0.1, 0.15) is 12.6 Å². The number of nitrogens with two attached hydrogens (primary N) is 2. The van der Waals surface area contributed by atoms with Gasteiger partial charge in [-0.1, -0.05) is 0 Å². The topological polar surface area (TPSA) is 258 Å². The fourth-order valence-electron chi connectivity index (χ4n) is 3.36. The smallest absolute Gasteiger partial charge is 0.352 e. The number of nitrogen functional groups attached to an aromatic ring is 2. The molecular weight excluding hydrogens is 432 g/mol. The second kappa shape index (κ2) is 7.18. The lowest BCUT2D eigenvalue weighted by molar-refractivity contribution is -0.126. The molecule has 0 amide bonds. The third kappa shape index (κ3) is 3.16. The maximum Gasteiger partial charge on any atom is 0.352 e. The SMILES string of the molecule is Nc1nc2c(nc(OOc3nc4nc(N)[nH]c(=O)c4[nH]3)n2[C@H]2C[C@H](O)[C@@H](CO)O2)c(=O)[nH]1. The maximum atomic E-state index is 12.3. The predicted molar refractivity (Wildman–Crippen MR) is 104 cm³/mol. The van der Waals surface area contributed by atoms with E-state index < -0.39 is 36.2 Å². The Labute approximate surface area is 174 Å². The first-order valence-corrected chi connectivity index (χ1v) is 9.16. The van der Waals surface area contributed by atoms with Gasteiger partial charge in [0.25, 0.3) is 11.1 Å². The molecule has 0 aromatic carbocycles. The van der Waals surface area contributed by atoms with E-state index in [2.05, 4.69) is 34.9 Å². The number of aliphatic hydroxyl groups is 2. The summed E-state index contributed by atoms with van der Waals surface area (Å²) in [5, 5.41) is 19.5. The molecule has 1 saturated heterocycles. The fraction of sp³-hybridized carbons (Fsp3) is 0.333. The van der Waals surface area contributed by atoms with Gasteiger partial charge < -0.3 is 26.4 Å². The van der Waals surface area contributed by atoms with Crippen molar-refractivity contribution in [2.75, 3.05) is 18.1 Å². The highest BCUT2D eigenvalue weighted by molar-refractivity contribution is 5.72. The van der Waals surface area contributed by atoms with E-state index in [1.165, 1.54) is 4.57 Å². The van der Waals surface area contributed by atoms with Gasteiger partial charge >= 0.3 is 12.0 Å². The van der Waals surface area contributed by atoms with Gasteiger partial charge in [-0.2, -0.15) is 19.9 Å². The van der Waals surface area contributed by atoms with Crippen molar-refractivity contribution >= 4 is 34.2 Å². The van der Waals surface area contributed by atoms with E-state index >= 15 is 0 Å². The summed E-state index contributed by atoms with van der Waals surface area (Å²) in [5.74, 6) is -0.324. The molecule has 0 unspecified atom stereocenters. The molecule has 0 radical (unpaired) electrons. The summed E-state index contributed by atoms with van der Waals surface area (Å²) in [4.78, 5) is 57.6. The van der Waals surface area contributed by atoms with Crippen LogP contribution in [0, 0.1) is 0 Å². The Morgan fingerprint density at radius 1 is 1.06 bits per heavy atom. The average molecular weight is 448 g/mol. The Morgan fingerprint density at radius 2 is 1.81 bits per heavy atom. The zero-order valence-corrected chi connectivity index (χ0v) is 16.0. The average Bonchev–Trinajstić information content (AvgIpc) is 3.40. The Hall–Kier alpha value is -4.22. The van der Waals surface area contributed by atoms with E-state index in [-0.39, 0.29) is 52.7 Å². The van der Waals surface area contributed by atoms with Crippen molar-refractivity contribution in [3.63, 3.8) is 0 Å². The van der Waals surface area contributed by atoms with E-state index in [1.807, 2.05) is 0 Å². The Balaban J connectivity index is 1.53. The molecule has 5 rings (SSSR count). The molecule has 168 valence electrons. The molecule has 9 N–H and O–H groups in total. The lowest BCUT2D eigenvalue weighted by Gasteiger charge is -2.15. The third-order valence-electron chi connectivity index (χ3n) is 4.76. The van der Waals surface area contributed by atoms with Gasteiger partial charge in [0.1, 0.15) is 12.3 Å². The van der Waals surface area contributed by atoms with Crippen LogP contribution in [0.3, 0.4) is 0 Å². The van der Waals surface area contributed by atoms with Gasteiger partial charge in [-0.25, -0.2) is 14.3 Å². The van der Waals surface area contributed by atoms with Gasteiger partial charge in [-0.15, -0.1) is 0 Å². The van der Waals surface area contributed by atoms with Crippen LogP contribution in [-0.2, 0) is 4.74 Å². The molecule has 17 heteroatoms. The van der Waals surface area contributed by atoms with E-state index in [0.717, 1.165) is 0 Å². The third-order valence-corrected chi connectivity index (χ3v) is 4.76. The normalized spacial score (nSPS) is 20.9. The molecule has 1 aliphatic rings. The number of fused-ring (bicyclic) bond motifs is 2. The lowest BCUT2D eigenvalue weighted by Crippen LogP contribution is -2.24. The first-order chi connectivity index (χ1) is 15.3. The van der Waals surface area contributed by atoms with Crippen molar-refractivity contribution in [1.82, 2.24) is 39.5 Å². The molecule has 4 aromatic rings. The molecular formula is C15H16N10O7. The van der Waals surface area contributed by atoms with Crippen LogP contribution in [0.15, 0.2) is 9.59 Å². The van der Waals surface area contributed by atoms with Crippen molar-refractivity contribution in [3.05, 3.63) is 20.7 Å². The highest BCUT2D eigenvalue weighted by Crippen LogP contribution is 2.34. The number of hydrogen-bond donors (Lipinski definition) is 7. The molecule has 1 aliphatic heterocycles. The van der Waals surface area contributed by atoms with E-state index in [4.69, 9.17) is 26.0 Å². The van der Waals surface area contributed by atoms with Gasteiger partial charge in [0.05, 0.1) is 12.7 Å². The van der Waals surface area contributed by atoms with E-state index in [1.54, 1.807) is 0 Å². The highest BCUT2D eigenvalue weighted by atomic mass is 17.2. The summed E-state index contributed by atoms with van der Waals surface area (Å²) >= 11 is 0. The number of aromatic nitrogens is 8. The Bertz CT molecular complexity index is 1440. The molecule has 3 atom stereocenters. The zero-order valence-electron chi connectivity index (χ0n) is 16.0. The van der Waals surface area contributed by atoms with Crippen LogP contribution in [-0.4, -0.2) is 68.5 Å². The molecule has 0 bridgehead atoms.